The Morgan fingerprint density at radius 3 is 3.13 bits per heavy atom. The van der Waals surface area contributed by atoms with E-state index in [4.69, 9.17) is 10.9 Å². The molecule has 1 aromatic heterocycles. The molecule has 84 valence electrons. The molecule has 1 heterocycles. The zero-order valence-electron chi connectivity index (χ0n) is 8.81. The van der Waals surface area contributed by atoms with Gasteiger partial charge in [0.2, 0.25) is 0 Å². The molecule has 0 radical (unpaired) electrons. The molecular formula is C10H17N3OS. The third-order valence-corrected chi connectivity index (χ3v) is 3.30. The van der Waals surface area contributed by atoms with Crippen LogP contribution in [0.4, 0.5) is 5.69 Å². The summed E-state index contributed by atoms with van der Waals surface area (Å²) in [4.78, 5) is 4.24. The maximum Gasteiger partial charge on any atom is 0.0523 e. The van der Waals surface area contributed by atoms with Gasteiger partial charge in [-0.05, 0) is 18.6 Å². The van der Waals surface area contributed by atoms with Crippen molar-refractivity contribution in [3.8, 4) is 0 Å². The van der Waals surface area contributed by atoms with Crippen molar-refractivity contribution in [1.29, 1.82) is 0 Å². The molecule has 0 saturated carbocycles. The summed E-state index contributed by atoms with van der Waals surface area (Å²) in [7, 11) is 0. The number of nitrogen functional groups attached to an aromatic ring is 1. The van der Waals surface area contributed by atoms with Gasteiger partial charge in [-0.25, -0.2) is 0 Å². The second-order valence-corrected chi connectivity index (χ2v) is 4.74. The van der Waals surface area contributed by atoms with Crippen LogP contribution in [0.5, 0.6) is 0 Å². The number of aliphatic hydroxyl groups is 1. The van der Waals surface area contributed by atoms with Crippen LogP contribution in [0.1, 0.15) is 19.0 Å². The number of rotatable bonds is 6. The largest absolute Gasteiger partial charge is 0.396 e. The minimum atomic E-state index is 0.242. The van der Waals surface area contributed by atoms with Gasteiger partial charge in [0.05, 0.1) is 11.4 Å². The molecule has 0 aliphatic heterocycles. The molecular weight excluding hydrogens is 210 g/mol. The monoisotopic (exact) mass is 227 g/mol. The van der Waals surface area contributed by atoms with E-state index in [2.05, 4.69) is 17.3 Å². The fourth-order valence-corrected chi connectivity index (χ4v) is 2.02. The van der Waals surface area contributed by atoms with Crippen LogP contribution in [0.3, 0.4) is 0 Å². The van der Waals surface area contributed by atoms with E-state index >= 15 is 0 Å². The van der Waals surface area contributed by atoms with Crippen LogP contribution in [-0.2, 0) is 5.75 Å². The average molecular weight is 227 g/mol. The highest BCUT2D eigenvalue weighted by molar-refractivity contribution is 7.99. The van der Waals surface area contributed by atoms with Gasteiger partial charge >= 0.3 is 0 Å². The summed E-state index contributed by atoms with van der Waals surface area (Å²) in [6, 6.07) is 3.75. The molecule has 0 bridgehead atoms. The first-order valence-electron chi connectivity index (χ1n) is 4.90. The zero-order chi connectivity index (χ0) is 11.1. The summed E-state index contributed by atoms with van der Waals surface area (Å²) >= 11 is 1.78. The summed E-state index contributed by atoms with van der Waals surface area (Å²) < 4.78 is 0. The smallest absolute Gasteiger partial charge is 0.0523 e. The Balaban J connectivity index is 2.43. The number of nitrogens with two attached hydrogens (primary N) is 1. The molecule has 4 nitrogen and oxygen atoms in total. The average Bonchev–Trinajstić information content (AvgIpc) is 2.27. The minimum absolute atomic E-state index is 0.242. The second kappa shape index (κ2) is 6.66. The lowest BCUT2D eigenvalue weighted by atomic mass is 10.3. The highest BCUT2D eigenvalue weighted by Crippen LogP contribution is 2.19. The van der Waals surface area contributed by atoms with Crippen molar-refractivity contribution in [3.05, 3.63) is 24.0 Å². The molecule has 1 atom stereocenters. The van der Waals surface area contributed by atoms with Crippen LogP contribution in [0, 0.1) is 0 Å². The van der Waals surface area contributed by atoms with Crippen molar-refractivity contribution in [2.75, 3.05) is 12.0 Å². The quantitative estimate of drug-likeness (QED) is 0.506. The lowest BCUT2D eigenvalue weighted by Crippen LogP contribution is -2.07. The first kappa shape index (κ1) is 12.3. The molecule has 4 N–H and O–H groups in total. The number of nitrogens with one attached hydrogen (secondary N) is 1. The predicted molar refractivity (Wildman–Crippen MR) is 64.5 cm³/mol. The van der Waals surface area contributed by atoms with E-state index in [0.717, 1.165) is 23.6 Å². The van der Waals surface area contributed by atoms with Crippen LogP contribution >= 0.6 is 11.8 Å². The normalized spacial score (nSPS) is 12.5. The molecule has 0 aliphatic carbocycles. The van der Waals surface area contributed by atoms with Crippen molar-refractivity contribution < 1.29 is 5.11 Å². The van der Waals surface area contributed by atoms with Crippen LogP contribution in [0.25, 0.3) is 0 Å². The van der Waals surface area contributed by atoms with Gasteiger partial charge in [-0.2, -0.15) is 11.8 Å². The minimum Gasteiger partial charge on any atom is -0.396 e. The van der Waals surface area contributed by atoms with Gasteiger partial charge in [0.1, 0.15) is 0 Å². The van der Waals surface area contributed by atoms with Gasteiger partial charge in [-0.15, -0.1) is 0 Å². The van der Waals surface area contributed by atoms with Gasteiger partial charge in [0, 0.05) is 23.8 Å². The Morgan fingerprint density at radius 1 is 1.67 bits per heavy atom. The van der Waals surface area contributed by atoms with Crippen molar-refractivity contribution in [1.82, 2.24) is 4.98 Å². The summed E-state index contributed by atoms with van der Waals surface area (Å²) in [5, 5.41) is 9.21. The topological polar surface area (TPSA) is 71.2 Å². The van der Waals surface area contributed by atoms with Crippen molar-refractivity contribution in [2.24, 2.45) is 5.84 Å². The number of nitrogens with zero attached hydrogens (tertiary/aromatic N) is 1. The third kappa shape index (κ3) is 4.51. The summed E-state index contributed by atoms with van der Waals surface area (Å²) in [5.41, 5.74) is 4.46. The molecule has 1 unspecified atom stereocenters. The number of hydrazine groups is 1. The van der Waals surface area contributed by atoms with Crippen LogP contribution in [0.2, 0.25) is 0 Å². The lowest BCUT2D eigenvalue weighted by molar-refractivity contribution is 0.289. The van der Waals surface area contributed by atoms with Crippen molar-refractivity contribution in [3.63, 3.8) is 0 Å². The molecule has 5 heteroatoms. The Labute approximate surface area is 94.3 Å². The molecule has 0 fully saturated rings. The molecule has 0 aromatic carbocycles. The van der Waals surface area contributed by atoms with Gasteiger partial charge in [0.15, 0.2) is 0 Å². The Hall–Kier alpha value is -0.780. The predicted octanol–water partition coefficient (Wildman–Crippen LogP) is 1.37. The first-order valence-corrected chi connectivity index (χ1v) is 5.95. The summed E-state index contributed by atoms with van der Waals surface area (Å²) in [6.45, 7) is 2.35. The number of aromatic nitrogens is 1. The van der Waals surface area contributed by atoms with E-state index in [0.29, 0.717) is 5.25 Å². The Bertz CT molecular complexity index is 296. The standard InChI is InChI=1S/C10H17N3OS/c1-8(3-5-14)15-7-10-6-9(13-11)2-4-12-10/h2,4,6,8,14H,3,5,7,11H2,1H3,(H,12,13). The van der Waals surface area contributed by atoms with E-state index in [9.17, 15) is 0 Å². The zero-order valence-corrected chi connectivity index (χ0v) is 9.63. The maximum atomic E-state index is 8.76. The lowest BCUT2D eigenvalue weighted by Gasteiger charge is -2.09. The van der Waals surface area contributed by atoms with E-state index < -0.39 is 0 Å². The molecule has 0 aliphatic rings. The van der Waals surface area contributed by atoms with Gasteiger partial charge in [-0.3, -0.25) is 10.8 Å². The number of hydrogen-bond donors (Lipinski definition) is 3. The molecule has 0 amide bonds. The highest BCUT2D eigenvalue weighted by Gasteiger charge is 2.03. The number of thioether (sulfide) groups is 1. The van der Waals surface area contributed by atoms with E-state index in [1.54, 1.807) is 18.0 Å². The molecule has 0 spiro atoms. The van der Waals surface area contributed by atoms with Gasteiger partial charge in [0.25, 0.3) is 0 Å². The Morgan fingerprint density at radius 2 is 2.47 bits per heavy atom. The van der Waals surface area contributed by atoms with Crippen molar-refractivity contribution in [2.45, 2.75) is 24.3 Å². The van der Waals surface area contributed by atoms with Crippen LogP contribution in [-0.4, -0.2) is 21.9 Å². The molecule has 1 aromatic rings. The van der Waals surface area contributed by atoms with Gasteiger partial charge in [-0.1, -0.05) is 6.92 Å². The number of anilines is 1. The number of hydrogen-bond acceptors (Lipinski definition) is 5. The van der Waals surface area contributed by atoms with Crippen molar-refractivity contribution >= 4 is 17.4 Å². The fourth-order valence-electron chi connectivity index (χ4n) is 1.14. The molecule has 0 saturated heterocycles. The molecule has 15 heavy (non-hydrogen) atoms. The fraction of sp³-hybridized carbons (Fsp3) is 0.500. The maximum absolute atomic E-state index is 8.76. The van der Waals surface area contributed by atoms with E-state index in [-0.39, 0.29) is 6.61 Å². The summed E-state index contributed by atoms with van der Waals surface area (Å²) in [6.07, 6.45) is 2.56. The van der Waals surface area contributed by atoms with Gasteiger partial charge < -0.3 is 10.5 Å². The van der Waals surface area contributed by atoms with E-state index in [1.807, 2.05) is 12.1 Å². The number of aliphatic hydroxyl groups excluding tert-OH is 1. The van der Waals surface area contributed by atoms with Crippen LogP contribution < -0.4 is 11.3 Å². The third-order valence-electron chi connectivity index (χ3n) is 2.03. The molecule has 1 rings (SSSR count). The van der Waals surface area contributed by atoms with Crippen LogP contribution in [0.15, 0.2) is 18.3 Å². The number of pyridine rings is 1. The SMILES string of the molecule is CC(CCO)SCc1cc(NN)ccn1. The Kier molecular flexibility index (Phi) is 5.45. The highest BCUT2D eigenvalue weighted by atomic mass is 32.2. The summed E-state index contributed by atoms with van der Waals surface area (Å²) in [5.74, 6) is 6.15. The first-order chi connectivity index (χ1) is 7.26. The second-order valence-electron chi connectivity index (χ2n) is 3.31. The van der Waals surface area contributed by atoms with E-state index in [1.165, 1.54) is 0 Å².